The minimum atomic E-state index is 0.361. The Morgan fingerprint density at radius 2 is 1.45 bits per heavy atom. The molecule has 0 radical (unpaired) electrons. The Morgan fingerprint density at radius 3 is 2.19 bits per heavy atom. The second-order valence-electron chi connectivity index (χ2n) is 9.08. The van der Waals surface area contributed by atoms with E-state index in [0.29, 0.717) is 18.2 Å². The van der Waals surface area contributed by atoms with Crippen LogP contribution in [-0.4, -0.2) is 30.1 Å². The monoisotopic (exact) mass is 412 g/mol. The number of rotatable bonds is 7. The summed E-state index contributed by atoms with van der Waals surface area (Å²) in [6.45, 7) is 1.70. The topological polar surface area (TPSA) is 24.5 Å². The average Bonchev–Trinajstić information content (AvgIpc) is 3.01. The lowest BCUT2D eigenvalue weighted by Gasteiger charge is -2.36. The maximum absolute atomic E-state index is 6.39. The zero-order chi connectivity index (χ0) is 21.0. The SMILES string of the molecule is CN1C2CCC1CC(Oc1cccc(CNCc3ccc(-c4ccccc4)cc3)c1)C2. The molecule has 0 amide bonds. The molecule has 3 aromatic rings. The van der Waals surface area contributed by atoms with Gasteiger partial charge in [-0.25, -0.2) is 0 Å². The summed E-state index contributed by atoms with van der Waals surface area (Å²) < 4.78 is 6.39. The van der Waals surface area contributed by atoms with Crippen molar-refractivity contribution in [1.82, 2.24) is 10.2 Å². The van der Waals surface area contributed by atoms with Gasteiger partial charge in [0.1, 0.15) is 11.9 Å². The van der Waals surface area contributed by atoms with Crippen molar-refractivity contribution < 1.29 is 4.74 Å². The minimum absolute atomic E-state index is 0.361. The van der Waals surface area contributed by atoms with Crippen molar-refractivity contribution in [2.75, 3.05) is 7.05 Å². The smallest absolute Gasteiger partial charge is 0.120 e. The van der Waals surface area contributed by atoms with Crippen molar-refractivity contribution in [2.45, 2.75) is 57.0 Å². The van der Waals surface area contributed by atoms with Gasteiger partial charge in [0.2, 0.25) is 0 Å². The molecule has 3 aromatic carbocycles. The van der Waals surface area contributed by atoms with Crippen LogP contribution >= 0.6 is 0 Å². The summed E-state index contributed by atoms with van der Waals surface area (Å²) in [7, 11) is 2.28. The van der Waals surface area contributed by atoms with E-state index >= 15 is 0 Å². The van der Waals surface area contributed by atoms with Crippen LogP contribution in [0.25, 0.3) is 11.1 Å². The van der Waals surface area contributed by atoms with Gasteiger partial charge in [-0.15, -0.1) is 0 Å². The molecule has 2 fully saturated rings. The molecule has 0 saturated carbocycles. The molecule has 2 aliphatic heterocycles. The summed E-state index contributed by atoms with van der Waals surface area (Å²) in [6, 6.07) is 29.4. The van der Waals surface area contributed by atoms with Crippen molar-refractivity contribution in [3.8, 4) is 16.9 Å². The summed E-state index contributed by atoms with van der Waals surface area (Å²) in [6.07, 6.45) is 5.34. The largest absolute Gasteiger partial charge is 0.490 e. The second-order valence-corrected chi connectivity index (χ2v) is 9.08. The highest BCUT2D eigenvalue weighted by molar-refractivity contribution is 5.63. The van der Waals surface area contributed by atoms with Crippen LogP contribution < -0.4 is 10.1 Å². The number of piperidine rings is 1. The first kappa shape index (κ1) is 20.3. The van der Waals surface area contributed by atoms with Crippen molar-refractivity contribution in [2.24, 2.45) is 0 Å². The summed E-state index contributed by atoms with van der Waals surface area (Å²) in [5.41, 5.74) is 5.09. The summed E-state index contributed by atoms with van der Waals surface area (Å²) >= 11 is 0. The van der Waals surface area contributed by atoms with E-state index in [0.717, 1.165) is 31.7 Å². The zero-order valence-corrected chi connectivity index (χ0v) is 18.3. The number of nitrogens with one attached hydrogen (secondary N) is 1. The zero-order valence-electron chi connectivity index (χ0n) is 18.3. The Kier molecular flexibility index (Phi) is 6.06. The fourth-order valence-electron chi connectivity index (χ4n) is 5.18. The van der Waals surface area contributed by atoms with Crippen molar-refractivity contribution in [1.29, 1.82) is 0 Å². The Bertz CT molecular complexity index is 971. The normalized spacial score (nSPS) is 23.1. The first-order valence-corrected chi connectivity index (χ1v) is 11.6. The number of hydrogen-bond acceptors (Lipinski definition) is 3. The molecule has 2 atom stereocenters. The number of ether oxygens (including phenoxy) is 1. The molecule has 0 aromatic heterocycles. The molecule has 2 unspecified atom stereocenters. The molecule has 3 heteroatoms. The Morgan fingerprint density at radius 1 is 0.774 bits per heavy atom. The average molecular weight is 413 g/mol. The van der Waals surface area contributed by atoms with E-state index in [2.05, 4.69) is 96.1 Å². The standard InChI is InChI=1S/C28H32N2O/c1-30-25-14-15-26(30)18-28(17-25)31-27-9-5-6-22(16-27)20-29-19-21-10-12-24(13-11-21)23-7-3-2-4-8-23/h2-13,16,25-26,28-29H,14-15,17-20H2,1H3. The Hall–Kier alpha value is -2.62. The Labute approximate surface area is 186 Å². The van der Waals surface area contributed by atoms with E-state index in [9.17, 15) is 0 Å². The molecule has 5 rings (SSSR count). The maximum Gasteiger partial charge on any atom is 0.120 e. The van der Waals surface area contributed by atoms with Crippen LogP contribution in [0, 0.1) is 0 Å². The molecule has 0 aliphatic carbocycles. The molecule has 2 saturated heterocycles. The summed E-state index contributed by atoms with van der Waals surface area (Å²) in [5, 5.41) is 3.58. The van der Waals surface area contributed by atoms with Gasteiger partial charge in [0.25, 0.3) is 0 Å². The highest BCUT2D eigenvalue weighted by Crippen LogP contribution is 2.36. The molecule has 31 heavy (non-hydrogen) atoms. The van der Waals surface area contributed by atoms with Crippen LogP contribution in [0.15, 0.2) is 78.9 Å². The van der Waals surface area contributed by atoms with E-state index in [-0.39, 0.29) is 0 Å². The molecular weight excluding hydrogens is 380 g/mol. The van der Waals surface area contributed by atoms with Crippen LogP contribution in [0.3, 0.4) is 0 Å². The Balaban J connectivity index is 1.13. The number of benzene rings is 3. The molecule has 160 valence electrons. The fraction of sp³-hybridized carbons (Fsp3) is 0.357. The van der Waals surface area contributed by atoms with E-state index in [4.69, 9.17) is 4.74 Å². The van der Waals surface area contributed by atoms with Gasteiger partial charge >= 0.3 is 0 Å². The quantitative estimate of drug-likeness (QED) is 0.543. The number of hydrogen-bond donors (Lipinski definition) is 1. The predicted molar refractivity (Wildman–Crippen MR) is 127 cm³/mol. The van der Waals surface area contributed by atoms with Crippen molar-refractivity contribution in [3.05, 3.63) is 90.0 Å². The van der Waals surface area contributed by atoms with E-state index in [1.54, 1.807) is 0 Å². The van der Waals surface area contributed by atoms with Crippen molar-refractivity contribution in [3.63, 3.8) is 0 Å². The van der Waals surface area contributed by atoms with Gasteiger partial charge in [-0.1, -0.05) is 66.7 Å². The van der Waals surface area contributed by atoms with Crippen LogP contribution in [0.4, 0.5) is 0 Å². The van der Waals surface area contributed by atoms with Gasteiger partial charge in [0, 0.05) is 25.2 Å². The molecule has 3 nitrogen and oxygen atoms in total. The van der Waals surface area contributed by atoms with Crippen LogP contribution in [0.2, 0.25) is 0 Å². The third-order valence-electron chi connectivity index (χ3n) is 6.98. The van der Waals surface area contributed by atoms with Gasteiger partial charge in [-0.05, 0) is 67.1 Å². The van der Waals surface area contributed by atoms with Crippen LogP contribution in [0.1, 0.15) is 36.8 Å². The van der Waals surface area contributed by atoms with E-state index in [1.807, 2.05) is 0 Å². The molecule has 2 heterocycles. The number of nitrogens with zero attached hydrogens (tertiary/aromatic N) is 1. The van der Waals surface area contributed by atoms with Crippen LogP contribution in [-0.2, 0) is 13.1 Å². The molecule has 0 spiro atoms. The fourth-order valence-corrected chi connectivity index (χ4v) is 5.18. The third-order valence-corrected chi connectivity index (χ3v) is 6.98. The summed E-state index contributed by atoms with van der Waals surface area (Å²) in [4.78, 5) is 2.56. The highest BCUT2D eigenvalue weighted by Gasteiger charge is 2.39. The first-order chi connectivity index (χ1) is 15.2. The van der Waals surface area contributed by atoms with Gasteiger partial charge in [-0.3, -0.25) is 0 Å². The second kappa shape index (κ2) is 9.25. The first-order valence-electron chi connectivity index (χ1n) is 11.6. The lowest BCUT2D eigenvalue weighted by Crippen LogP contribution is -2.43. The summed E-state index contributed by atoms with van der Waals surface area (Å²) in [5.74, 6) is 1.01. The van der Waals surface area contributed by atoms with Gasteiger partial charge in [-0.2, -0.15) is 0 Å². The van der Waals surface area contributed by atoms with Gasteiger partial charge in [0.05, 0.1) is 0 Å². The molecule has 2 bridgehead atoms. The van der Waals surface area contributed by atoms with Crippen LogP contribution in [0.5, 0.6) is 5.75 Å². The van der Waals surface area contributed by atoms with E-state index in [1.165, 1.54) is 35.1 Å². The van der Waals surface area contributed by atoms with E-state index < -0.39 is 0 Å². The lowest BCUT2D eigenvalue weighted by atomic mass is 10.0. The van der Waals surface area contributed by atoms with Crippen molar-refractivity contribution >= 4 is 0 Å². The minimum Gasteiger partial charge on any atom is -0.490 e. The highest BCUT2D eigenvalue weighted by atomic mass is 16.5. The third kappa shape index (κ3) is 4.84. The molecule has 1 N–H and O–H groups in total. The maximum atomic E-state index is 6.39. The van der Waals surface area contributed by atoms with Gasteiger partial charge < -0.3 is 15.0 Å². The molecular formula is C28H32N2O. The predicted octanol–water partition coefficient (Wildman–Crippen LogP) is 5.65. The van der Waals surface area contributed by atoms with Gasteiger partial charge in [0.15, 0.2) is 0 Å². The molecule has 2 aliphatic rings. The number of fused-ring (bicyclic) bond motifs is 2. The lowest BCUT2D eigenvalue weighted by molar-refractivity contribution is 0.0661.